The highest BCUT2D eigenvalue weighted by molar-refractivity contribution is 5.90. The quantitative estimate of drug-likeness (QED) is 0.538. The Morgan fingerprint density at radius 3 is 2.93 bits per heavy atom. The van der Waals surface area contributed by atoms with E-state index in [1.807, 2.05) is 6.07 Å². The second-order valence-corrected chi connectivity index (χ2v) is 7.14. The Bertz CT molecular complexity index is 989. The SMILES string of the molecule is CN1CCCC(c2cccc3ccc(Nc4ncccc4[N+](=O)[O-])cc23)C1. The van der Waals surface area contributed by atoms with Gasteiger partial charge in [-0.05, 0) is 66.9 Å². The second kappa shape index (κ2) is 7.32. The lowest BCUT2D eigenvalue weighted by atomic mass is 9.87. The van der Waals surface area contributed by atoms with E-state index < -0.39 is 4.92 Å². The minimum atomic E-state index is -0.417. The van der Waals surface area contributed by atoms with Crippen molar-refractivity contribution in [2.24, 2.45) is 0 Å². The zero-order valence-corrected chi connectivity index (χ0v) is 15.3. The summed E-state index contributed by atoms with van der Waals surface area (Å²) >= 11 is 0. The average Bonchev–Trinajstić information content (AvgIpc) is 2.68. The molecular formula is C21H22N4O2. The van der Waals surface area contributed by atoms with Crippen LogP contribution in [0.1, 0.15) is 24.3 Å². The summed E-state index contributed by atoms with van der Waals surface area (Å²) < 4.78 is 0. The summed E-state index contributed by atoms with van der Waals surface area (Å²) in [6.45, 7) is 2.21. The first kappa shape index (κ1) is 17.4. The molecule has 1 fully saturated rings. The van der Waals surface area contributed by atoms with E-state index in [1.165, 1.54) is 35.2 Å². The number of piperidine rings is 1. The maximum atomic E-state index is 11.2. The summed E-state index contributed by atoms with van der Waals surface area (Å²) in [5, 5.41) is 16.7. The van der Waals surface area contributed by atoms with Gasteiger partial charge in [-0.15, -0.1) is 0 Å². The van der Waals surface area contributed by atoms with Gasteiger partial charge in [0.2, 0.25) is 5.82 Å². The Kier molecular flexibility index (Phi) is 4.73. The molecule has 0 saturated carbocycles. The van der Waals surface area contributed by atoms with Crippen molar-refractivity contribution < 1.29 is 4.92 Å². The maximum Gasteiger partial charge on any atom is 0.311 e. The van der Waals surface area contributed by atoms with Crippen LogP contribution in [0.4, 0.5) is 17.2 Å². The molecule has 6 nitrogen and oxygen atoms in total. The zero-order valence-electron chi connectivity index (χ0n) is 15.3. The van der Waals surface area contributed by atoms with Crippen molar-refractivity contribution in [2.75, 3.05) is 25.5 Å². The van der Waals surface area contributed by atoms with Gasteiger partial charge in [0.15, 0.2) is 0 Å². The largest absolute Gasteiger partial charge is 0.334 e. The number of pyridine rings is 1. The third-order valence-electron chi connectivity index (χ3n) is 5.23. The summed E-state index contributed by atoms with van der Waals surface area (Å²) in [5.41, 5.74) is 2.12. The number of likely N-dealkylation sites (N-methyl/N-ethyl adjacent to an activating group) is 1. The summed E-state index contributed by atoms with van der Waals surface area (Å²) in [6.07, 6.45) is 3.95. The molecule has 0 bridgehead atoms. The number of nitrogens with zero attached hydrogens (tertiary/aromatic N) is 3. The number of fused-ring (bicyclic) bond motifs is 1. The number of nitro groups is 1. The predicted molar refractivity (Wildman–Crippen MR) is 108 cm³/mol. The summed E-state index contributed by atoms with van der Waals surface area (Å²) in [5.74, 6) is 0.767. The van der Waals surface area contributed by atoms with Crippen LogP contribution in [-0.2, 0) is 0 Å². The molecule has 0 aliphatic carbocycles. The number of hydrogen-bond donors (Lipinski definition) is 1. The van der Waals surface area contributed by atoms with Crippen molar-refractivity contribution in [3.8, 4) is 0 Å². The molecule has 0 spiro atoms. The minimum Gasteiger partial charge on any atom is -0.334 e. The molecular weight excluding hydrogens is 340 g/mol. The Labute approximate surface area is 158 Å². The fourth-order valence-electron chi connectivity index (χ4n) is 3.93. The molecule has 1 N–H and O–H groups in total. The average molecular weight is 362 g/mol. The molecule has 3 aromatic rings. The smallest absolute Gasteiger partial charge is 0.311 e. The van der Waals surface area contributed by atoms with Crippen LogP contribution in [0.5, 0.6) is 0 Å². The van der Waals surface area contributed by atoms with Crippen LogP contribution in [0, 0.1) is 10.1 Å². The lowest BCUT2D eigenvalue weighted by molar-refractivity contribution is -0.384. The van der Waals surface area contributed by atoms with Crippen LogP contribution in [0.2, 0.25) is 0 Å². The topological polar surface area (TPSA) is 71.3 Å². The van der Waals surface area contributed by atoms with Gasteiger partial charge in [-0.2, -0.15) is 0 Å². The van der Waals surface area contributed by atoms with Crippen LogP contribution in [-0.4, -0.2) is 34.9 Å². The van der Waals surface area contributed by atoms with E-state index >= 15 is 0 Å². The van der Waals surface area contributed by atoms with Gasteiger partial charge in [0.05, 0.1) is 4.92 Å². The predicted octanol–water partition coefficient (Wildman–Crippen LogP) is 4.70. The summed E-state index contributed by atoms with van der Waals surface area (Å²) in [4.78, 5) is 17.3. The number of aromatic nitrogens is 1. The van der Waals surface area contributed by atoms with Gasteiger partial charge < -0.3 is 10.2 Å². The van der Waals surface area contributed by atoms with E-state index in [0.29, 0.717) is 5.92 Å². The van der Waals surface area contributed by atoms with Crippen molar-refractivity contribution >= 4 is 28.0 Å². The molecule has 4 rings (SSSR count). The molecule has 1 unspecified atom stereocenters. The van der Waals surface area contributed by atoms with Crippen molar-refractivity contribution in [3.63, 3.8) is 0 Å². The number of rotatable bonds is 4. The molecule has 1 saturated heterocycles. The third kappa shape index (κ3) is 3.61. The standard InChI is InChI=1S/C21H22N4O2/c1-24-12-4-6-16(14-24)18-7-2-5-15-9-10-17(13-19(15)18)23-21-20(25(26)27)8-3-11-22-21/h2-3,5,7-11,13,16H,4,6,12,14H2,1H3,(H,22,23). The lowest BCUT2D eigenvalue weighted by Crippen LogP contribution is -2.30. The molecule has 138 valence electrons. The molecule has 0 radical (unpaired) electrons. The van der Waals surface area contributed by atoms with Crippen LogP contribution in [0.3, 0.4) is 0 Å². The van der Waals surface area contributed by atoms with Crippen molar-refractivity contribution in [1.82, 2.24) is 9.88 Å². The van der Waals surface area contributed by atoms with Crippen molar-refractivity contribution in [1.29, 1.82) is 0 Å². The zero-order chi connectivity index (χ0) is 18.8. The lowest BCUT2D eigenvalue weighted by Gasteiger charge is -2.30. The first-order valence-electron chi connectivity index (χ1n) is 9.19. The van der Waals surface area contributed by atoms with Crippen LogP contribution in [0.25, 0.3) is 10.8 Å². The highest BCUT2D eigenvalue weighted by Gasteiger charge is 2.21. The second-order valence-electron chi connectivity index (χ2n) is 7.14. The number of anilines is 2. The number of nitrogens with one attached hydrogen (secondary N) is 1. The molecule has 27 heavy (non-hydrogen) atoms. The van der Waals surface area contributed by atoms with Crippen molar-refractivity contribution in [2.45, 2.75) is 18.8 Å². The summed E-state index contributed by atoms with van der Waals surface area (Å²) in [7, 11) is 2.17. The summed E-state index contributed by atoms with van der Waals surface area (Å²) in [6, 6.07) is 15.5. The fraction of sp³-hybridized carbons (Fsp3) is 0.286. The van der Waals surface area contributed by atoms with Gasteiger partial charge in [-0.1, -0.05) is 24.3 Å². The Morgan fingerprint density at radius 2 is 2.11 bits per heavy atom. The van der Waals surface area contributed by atoms with E-state index in [1.54, 1.807) is 12.3 Å². The number of benzene rings is 2. The van der Waals surface area contributed by atoms with Gasteiger partial charge in [0, 0.05) is 24.5 Å². The normalized spacial score (nSPS) is 17.7. The monoisotopic (exact) mass is 362 g/mol. The van der Waals surface area contributed by atoms with E-state index in [0.717, 1.165) is 18.8 Å². The molecule has 1 aliphatic rings. The van der Waals surface area contributed by atoms with Gasteiger partial charge in [0.1, 0.15) is 0 Å². The van der Waals surface area contributed by atoms with Crippen LogP contribution < -0.4 is 5.32 Å². The number of hydrogen-bond acceptors (Lipinski definition) is 5. The molecule has 1 aliphatic heterocycles. The van der Waals surface area contributed by atoms with E-state index in [9.17, 15) is 10.1 Å². The highest BCUT2D eigenvalue weighted by Crippen LogP contribution is 2.34. The Balaban J connectivity index is 1.72. The van der Waals surface area contributed by atoms with Gasteiger partial charge in [0.25, 0.3) is 0 Å². The van der Waals surface area contributed by atoms with E-state index in [2.05, 4.69) is 52.6 Å². The van der Waals surface area contributed by atoms with E-state index in [-0.39, 0.29) is 11.5 Å². The first-order chi connectivity index (χ1) is 13.1. The Morgan fingerprint density at radius 1 is 1.22 bits per heavy atom. The third-order valence-corrected chi connectivity index (χ3v) is 5.23. The molecule has 0 amide bonds. The molecule has 1 atom stereocenters. The maximum absolute atomic E-state index is 11.2. The fourth-order valence-corrected chi connectivity index (χ4v) is 3.93. The Hall–Kier alpha value is -2.99. The van der Waals surface area contributed by atoms with Gasteiger partial charge in [-0.25, -0.2) is 4.98 Å². The first-order valence-corrected chi connectivity index (χ1v) is 9.19. The van der Waals surface area contributed by atoms with Crippen molar-refractivity contribution in [3.05, 3.63) is 70.4 Å². The van der Waals surface area contributed by atoms with Gasteiger partial charge in [-0.3, -0.25) is 10.1 Å². The molecule has 1 aromatic heterocycles. The van der Waals surface area contributed by atoms with E-state index in [4.69, 9.17) is 0 Å². The molecule has 2 heterocycles. The highest BCUT2D eigenvalue weighted by atomic mass is 16.6. The molecule has 2 aromatic carbocycles. The minimum absolute atomic E-state index is 0.0280. The van der Waals surface area contributed by atoms with Gasteiger partial charge >= 0.3 is 5.69 Å². The van der Waals surface area contributed by atoms with Crippen LogP contribution >= 0.6 is 0 Å². The van der Waals surface area contributed by atoms with Crippen LogP contribution in [0.15, 0.2) is 54.7 Å². The molecule has 6 heteroatoms. The number of likely N-dealkylation sites (tertiary alicyclic amines) is 1.